The van der Waals surface area contributed by atoms with Crippen LogP contribution < -0.4 is 10.1 Å². The molecular weight excluding hydrogens is 376 g/mol. The number of anilines is 1. The lowest BCUT2D eigenvalue weighted by Gasteiger charge is -2.09. The number of fused-ring (bicyclic) bond motifs is 1. The fraction of sp³-hybridized carbons (Fsp3) is 0.375. The molecule has 0 aliphatic carbocycles. The average molecular weight is 405 g/mol. The number of ether oxygens (including phenoxy) is 1. The Hall–Kier alpha value is -3.15. The Kier molecular flexibility index (Phi) is 6.42. The van der Waals surface area contributed by atoms with Crippen LogP contribution in [0.15, 0.2) is 48.5 Å². The van der Waals surface area contributed by atoms with Crippen LogP contribution in [0.4, 0.5) is 5.69 Å². The van der Waals surface area contributed by atoms with Gasteiger partial charge < -0.3 is 14.6 Å². The summed E-state index contributed by atoms with van der Waals surface area (Å²) in [5, 5.41) is 11.7. The number of aryl methyl sites for hydroxylation is 2. The van der Waals surface area contributed by atoms with Crippen LogP contribution in [0.2, 0.25) is 0 Å². The van der Waals surface area contributed by atoms with E-state index in [0.717, 1.165) is 41.6 Å². The summed E-state index contributed by atoms with van der Waals surface area (Å²) in [4.78, 5) is 12.2. The Morgan fingerprint density at radius 3 is 2.63 bits per heavy atom. The van der Waals surface area contributed by atoms with Gasteiger partial charge in [0.1, 0.15) is 11.6 Å². The molecule has 4 rings (SSSR count). The number of nitrogens with zero attached hydrogens (tertiary/aromatic N) is 3. The van der Waals surface area contributed by atoms with Crippen LogP contribution in [0.5, 0.6) is 5.75 Å². The van der Waals surface area contributed by atoms with Gasteiger partial charge in [0, 0.05) is 30.6 Å². The summed E-state index contributed by atoms with van der Waals surface area (Å²) in [6.45, 7) is 3.54. The van der Waals surface area contributed by atoms with E-state index in [9.17, 15) is 4.79 Å². The van der Waals surface area contributed by atoms with E-state index in [4.69, 9.17) is 4.74 Å². The Balaban J connectivity index is 1.27. The number of carbonyl (C=O) groups is 1. The molecule has 3 aromatic rings. The van der Waals surface area contributed by atoms with Gasteiger partial charge in [0.15, 0.2) is 5.82 Å². The number of aromatic nitrogens is 3. The van der Waals surface area contributed by atoms with Crippen molar-refractivity contribution in [1.29, 1.82) is 0 Å². The summed E-state index contributed by atoms with van der Waals surface area (Å²) in [5.41, 5.74) is 3.02. The molecule has 2 aromatic carbocycles. The molecule has 0 spiro atoms. The van der Waals surface area contributed by atoms with Crippen LogP contribution in [0.1, 0.15) is 43.5 Å². The SMILES string of the molecule is Cc1ccc(OCCCC(=O)Nc2ccc(-c3nnc4n3CCCCC4)cc2)cc1. The molecular formula is C24H28N4O2. The third kappa shape index (κ3) is 5.06. The minimum Gasteiger partial charge on any atom is -0.494 e. The van der Waals surface area contributed by atoms with Gasteiger partial charge in [0.2, 0.25) is 5.91 Å². The second kappa shape index (κ2) is 9.57. The van der Waals surface area contributed by atoms with Gasteiger partial charge in [-0.25, -0.2) is 0 Å². The fourth-order valence-electron chi connectivity index (χ4n) is 3.68. The monoisotopic (exact) mass is 404 g/mol. The summed E-state index contributed by atoms with van der Waals surface area (Å²) in [6.07, 6.45) is 5.67. The number of amides is 1. The van der Waals surface area contributed by atoms with Crippen LogP contribution in [0, 0.1) is 6.92 Å². The van der Waals surface area contributed by atoms with E-state index < -0.39 is 0 Å². The molecule has 0 bridgehead atoms. The maximum Gasteiger partial charge on any atom is 0.224 e. The first kappa shape index (κ1) is 20.1. The highest BCUT2D eigenvalue weighted by Gasteiger charge is 2.16. The number of hydrogen-bond acceptors (Lipinski definition) is 4. The number of hydrogen-bond donors (Lipinski definition) is 1. The molecule has 1 N–H and O–H groups in total. The van der Waals surface area contributed by atoms with E-state index >= 15 is 0 Å². The predicted octanol–water partition coefficient (Wildman–Crippen LogP) is 4.78. The van der Waals surface area contributed by atoms with Crippen molar-refractivity contribution in [2.24, 2.45) is 0 Å². The summed E-state index contributed by atoms with van der Waals surface area (Å²) in [6, 6.07) is 15.8. The first-order chi connectivity index (χ1) is 14.7. The zero-order valence-electron chi connectivity index (χ0n) is 17.4. The van der Waals surface area contributed by atoms with Crippen molar-refractivity contribution >= 4 is 11.6 Å². The molecule has 1 aliphatic rings. The van der Waals surface area contributed by atoms with Crippen LogP contribution >= 0.6 is 0 Å². The Bertz CT molecular complexity index is 977. The van der Waals surface area contributed by atoms with Crippen LogP contribution in [0.3, 0.4) is 0 Å². The zero-order chi connectivity index (χ0) is 20.8. The van der Waals surface area contributed by atoms with E-state index in [1.54, 1.807) is 0 Å². The Morgan fingerprint density at radius 2 is 1.83 bits per heavy atom. The first-order valence-corrected chi connectivity index (χ1v) is 10.7. The Morgan fingerprint density at radius 1 is 1.03 bits per heavy atom. The van der Waals surface area contributed by atoms with Crippen molar-refractivity contribution in [2.45, 2.75) is 52.0 Å². The van der Waals surface area contributed by atoms with E-state index in [1.807, 2.05) is 55.5 Å². The summed E-state index contributed by atoms with van der Waals surface area (Å²) < 4.78 is 7.91. The van der Waals surface area contributed by atoms with E-state index in [2.05, 4.69) is 20.1 Å². The molecule has 6 heteroatoms. The molecule has 0 saturated carbocycles. The maximum atomic E-state index is 12.2. The van der Waals surface area contributed by atoms with Gasteiger partial charge in [-0.2, -0.15) is 0 Å². The first-order valence-electron chi connectivity index (χ1n) is 10.7. The quantitative estimate of drug-likeness (QED) is 0.576. The molecule has 0 unspecified atom stereocenters. The highest BCUT2D eigenvalue weighted by Crippen LogP contribution is 2.24. The average Bonchev–Trinajstić information content (AvgIpc) is 3.01. The standard InChI is InChI=1S/C24H28N4O2/c1-18-8-14-21(15-9-18)30-17-5-7-23(29)25-20-12-10-19(11-13-20)24-27-26-22-6-3-2-4-16-28(22)24/h8-15H,2-7,16-17H2,1H3,(H,25,29). The molecule has 0 fully saturated rings. The van der Waals surface area contributed by atoms with E-state index in [0.29, 0.717) is 19.4 Å². The number of rotatable bonds is 7. The van der Waals surface area contributed by atoms with Crippen LogP contribution in [0.25, 0.3) is 11.4 Å². The lowest BCUT2D eigenvalue weighted by molar-refractivity contribution is -0.116. The van der Waals surface area contributed by atoms with Gasteiger partial charge in [-0.15, -0.1) is 10.2 Å². The second-order valence-corrected chi connectivity index (χ2v) is 7.79. The predicted molar refractivity (Wildman–Crippen MR) is 118 cm³/mol. The molecule has 30 heavy (non-hydrogen) atoms. The molecule has 1 amide bonds. The minimum absolute atomic E-state index is 0.00778. The van der Waals surface area contributed by atoms with Crippen molar-refractivity contribution in [3.63, 3.8) is 0 Å². The van der Waals surface area contributed by atoms with Crippen molar-refractivity contribution < 1.29 is 9.53 Å². The normalized spacial score (nSPS) is 13.4. The van der Waals surface area contributed by atoms with Gasteiger partial charge >= 0.3 is 0 Å². The van der Waals surface area contributed by atoms with Gasteiger partial charge in [0.05, 0.1) is 6.61 Å². The lowest BCUT2D eigenvalue weighted by atomic mass is 10.2. The van der Waals surface area contributed by atoms with Crippen molar-refractivity contribution in [1.82, 2.24) is 14.8 Å². The molecule has 6 nitrogen and oxygen atoms in total. The molecule has 1 aromatic heterocycles. The number of carbonyl (C=O) groups excluding carboxylic acids is 1. The molecule has 0 radical (unpaired) electrons. The topological polar surface area (TPSA) is 69.0 Å². The molecule has 2 heterocycles. The van der Waals surface area contributed by atoms with Gasteiger partial charge in [-0.3, -0.25) is 4.79 Å². The summed E-state index contributed by atoms with van der Waals surface area (Å²) in [5.74, 6) is 2.82. The van der Waals surface area contributed by atoms with Gasteiger partial charge in [0.25, 0.3) is 0 Å². The second-order valence-electron chi connectivity index (χ2n) is 7.79. The highest BCUT2D eigenvalue weighted by molar-refractivity contribution is 5.90. The third-order valence-electron chi connectivity index (χ3n) is 5.37. The number of benzene rings is 2. The minimum atomic E-state index is -0.00778. The van der Waals surface area contributed by atoms with Gasteiger partial charge in [-0.05, 0) is 62.6 Å². The smallest absolute Gasteiger partial charge is 0.224 e. The molecule has 156 valence electrons. The van der Waals surface area contributed by atoms with Crippen LogP contribution in [-0.2, 0) is 17.8 Å². The fourth-order valence-corrected chi connectivity index (χ4v) is 3.68. The van der Waals surface area contributed by atoms with Crippen molar-refractivity contribution in [2.75, 3.05) is 11.9 Å². The molecule has 0 saturated heterocycles. The maximum absolute atomic E-state index is 12.2. The van der Waals surface area contributed by atoms with Crippen LogP contribution in [-0.4, -0.2) is 27.3 Å². The van der Waals surface area contributed by atoms with Crippen molar-refractivity contribution in [3.05, 3.63) is 59.9 Å². The highest BCUT2D eigenvalue weighted by atomic mass is 16.5. The van der Waals surface area contributed by atoms with E-state index in [1.165, 1.54) is 24.8 Å². The number of nitrogens with one attached hydrogen (secondary N) is 1. The van der Waals surface area contributed by atoms with E-state index in [-0.39, 0.29) is 5.91 Å². The zero-order valence-corrected chi connectivity index (χ0v) is 17.4. The lowest BCUT2D eigenvalue weighted by Crippen LogP contribution is -2.12. The van der Waals surface area contributed by atoms with Crippen molar-refractivity contribution in [3.8, 4) is 17.1 Å². The largest absolute Gasteiger partial charge is 0.494 e. The summed E-state index contributed by atoms with van der Waals surface area (Å²) >= 11 is 0. The third-order valence-corrected chi connectivity index (χ3v) is 5.37. The Labute approximate surface area is 177 Å². The molecule has 0 atom stereocenters. The van der Waals surface area contributed by atoms with Gasteiger partial charge in [-0.1, -0.05) is 24.1 Å². The summed E-state index contributed by atoms with van der Waals surface area (Å²) in [7, 11) is 0. The molecule has 1 aliphatic heterocycles.